The van der Waals surface area contributed by atoms with Crippen molar-refractivity contribution in [1.82, 2.24) is 10.2 Å². The number of aromatic nitrogens is 2. The summed E-state index contributed by atoms with van der Waals surface area (Å²) in [6, 6.07) is 0. The molecule has 0 fully saturated rings. The molecule has 1 rings (SSSR count). The van der Waals surface area contributed by atoms with Crippen molar-refractivity contribution in [2.24, 2.45) is 0 Å². The van der Waals surface area contributed by atoms with Gasteiger partial charge in [-0.1, -0.05) is 0 Å². The molecule has 0 unspecified atom stereocenters. The highest BCUT2D eigenvalue weighted by molar-refractivity contribution is 7.93. The predicted molar refractivity (Wildman–Crippen MR) is 37.0 cm³/mol. The summed E-state index contributed by atoms with van der Waals surface area (Å²) in [5, 5.41) is 6.20. The van der Waals surface area contributed by atoms with E-state index in [1.165, 1.54) is 0 Å². The van der Waals surface area contributed by atoms with E-state index in [4.69, 9.17) is 0 Å². The van der Waals surface area contributed by atoms with Crippen LogP contribution in [0.4, 0.5) is 8.78 Å². The lowest BCUT2D eigenvalue weighted by Gasteiger charge is -1.97. The van der Waals surface area contributed by atoms with Gasteiger partial charge >= 0.3 is 6.61 Å². The molecular formula is C5H6F2N2OS. The summed E-state index contributed by atoms with van der Waals surface area (Å²) >= 11 is 0.709. The van der Waals surface area contributed by atoms with E-state index >= 15 is 0 Å². The number of halogens is 2. The van der Waals surface area contributed by atoms with Gasteiger partial charge in [0.25, 0.3) is 0 Å². The van der Waals surface area contributed by atoms with E-state index in [2.05, 4.69) is 14.4 Å². The second-order valence-electron chi connectivity index (χ2n) is 1.73. The molecule has 1 aromatic heterocycles. The molecule has 3 nitrogen and oxygen atoms in total. The number of aromatic amines is 1. The molecule has 0 atom stereocenters. The maximum absolute atomic E-state index is 11.4. The van der Waals surface area contributed by atoms with Crippen LogP contribution in [-0.2, 0) is 9.94 Å². The number of nitrogens with zero attached hydrogens (tertiary/aromatic N) is 1. The molecule has 6 heteroatoms. The van der Waals surface area contributed by atoms with Gasteiger partial charge in [-0.2, -0.15) is 13.9 Å². The van der Waals surface area contributed by atoms with Crippen molar-refractivity contribution in [1.29, 1.82) is 0 Å². The number of nitrogens with one attached hydrogen (secondary N) is 1. The van der Waals surface area contributed by atoms with Crippen molar-refractivity contribution in [3.05, 3.63) is 18.0 Å². The van der Waals surface area contributed by atoms with Crippen molar-refractivity contribution >= 4 is 12.0 Å². The molecule has 62 valence electrons. The van der Waals surface area contributed by atoms with Crippen molar-refractivity contribution in [2.45, 2.75) is 12.4 Å². The van der Waals surface area contributed by atoms with Crippen molar-refractivity contribution in [2.75, 3.05) is 0 Å². The first-order valence-electron chi connectivity index (χ1n) is 2.83. The molecular weight excluding hydrogens is 174 g/mol. The molecule has 0 aliphatic carbocycles. The highest BCUT2D eigenvalue weighted by atomic mass is 32.2. The van der Waals surface area contributed by atoms with Crippen molar-refractivity contribution < 1.29 is 13.0 Å². The molecule has 1 aromatic rings. The topological polar surface area (TPSA) is 37.9 Å². The molecule has 0 aliphatic rings. The van der Waals surface area contributed by atoms with Crippen LogP contribution in [0.5, 0.6) is 0 Å². The second kappa shape index (κ2) is 4.30. The van der Waals surface area contributed by atoms with Gasteiger partial charge in [-0.05, 0) is 0 Å². The lowest BCUT2D eigenvalue weighted by molar-refractivity contribution is -0.0346. The Morgan fingerprint density at radius 1 is 1.73 bits per heavy atom. The van der Waals surface area contributed by atoms with Gasteiger partial charge in [0.2, 0.25) is 0 Å². The van der Waals surface area contributed by atoms with Crippen LogP contribution in [0.2, 0.25) is 0 Å². The Morgan fingerprint density at radius 3 is 3.09 bits per heavy atom. The number of hydrogen-bond acceptors (Lipinski definition) is 3. The fraction of sp³-hybridized carbons (Fsp3) is 0.400. The van der Waals surface area contributed by atoms with Gasteiger partial charge < -0.3 is 0 Å². The number of hydrogen-bond donors (Lipinski definition) is 1. The average molecular weight is 180 g/mol. The Hall–Kier alpha value is -0.620. The molecule has 11 heavy (non-hydrogen) atoms. The fourth-order valence-electron chi connectivity index (χ4n) is 0.510. The third kappa shape index (κ3) is 3.33. The minimum atomic E-state index is -2.72. The summed E-state index contributed by atoms with van der Waals surface area (Å²) in [5.74, 6) is 0.376. The first-order chi connectivity index (χ1) is 5.29. The molecule has 0 saturated carbocycles. The summed E-state index contributed by atoms with van der Waals surface area (Å²) in [5.41, 5.74) is 0.829. The fourth-order valence-corrected chi connectivity index (χ4v) is 0.975. The zero-order chi connectivity index (χ0) is 8.10. The van der Waals surface area contributed by atoms with E-state index in [-0.39, 0.29) is 0 Å². The monoisotopic (exact) mass is 180 g/mol. The zero-order valence-corrected chi connectivity index (χ0v) is 6.28. The normalized spacial score (nSPS) is 10.8. The summed E-state index contributed by atoms with van der Waals surface area (Å²) in [6.45, 7) is -2.72. The van der Waals surface area contributed by atoms with E-state index in [9.17, 15) is 8.78 Å². The van der Waals surface area contributed by atoms with E-state index in [0.29, 0.717) is 17.8 Å². The summed E-state index contributed by atoms with van der Waals surface area (Å²) in [6.07, 6.45) is 3.18. The molecule has 0 saturated heterocycles. The summed E-state index contributed by atoms with van der Waals surface area (Å²) in [7, 11) is 0. The second-order valence-corrected chi connectivity index (χ2v) is 2.44. The average Bonchev–Trinajstić information content (AvgIpc) is 2.39. The zero-order valence-electron chi connectivity index (χ0n) is 5.46. The van der Waals surface area contributed by atoms with E-state index in [1.807, 2.05) is 0 Å². The van der Waals surface area contributed by atoms with Crippen molar-refractivity contribution in [3.8, 4) is 0 Å². The van der Waals surface area contributed by atoms with Gasteiger partial charge in [0, 0.05) is 29.6 Å². The Bertz CT molecular complexity index is 192. The van der Waals surface area contributed by atoms with E-state index in [1.54, 1.807) is 12.4 Å². The summed E-state index contributed by atoms with van der Waals surface area (Å²) < 4.78 is 26.8. The largest absolute Gasteiger partial charge is 0.355 e. The van der Waals surface area contributed by atoms with Gasteiger partial charge in [-0.25, -0.2) is 0 Å². The highest BCUT2D eigenvalue weighted by Crippen LogP contribution is 2.14. The molecule has 0 amide bonds. The Labute approximate surface area is 66.3 Å². The van der Waals surface area contributed by atoms with E-state index in [0.717, 1.165) is 5.56 Å². The molecule has 0 radical (unpaired) electrons. The number of H-pyrrole nitrogens is 1. The van der Waals surface area contributed by atoms with Crippen LogP contribution >= 0.6 is 12.0 Å². The van der Waals surface area contributed by atoms with Crippen LogP contribution in [0.3, 0.4) is 0 Å². The minimum Gasteiger partial charge on any atom is -0.285 e. The Kier molecular flexibility index (Phi) is 3.31. The van der Waals surface area contributed by atoms with Gasteiger partial charge in [-0.3, -0.25) is 9.28 Å². The van der Waals surface area contributed by atoms with E-state index < -0.39 is 6.61 Å². The minimum absolute atomic E-state index is 0.376. The van der Waals surface area contributed by atoms with Crippen LogP contribution in [0, 0.1) is 0 Å². The van der Waals surface area contributed by atoms with Crippen molar-refractivity contribution in [3.63, 3.8) is 0 Å². The third-order valence-electron chi connectivity index (χ3n) is 0.921. The molecule has 0 aliphatic heterocycles. The number of alkyl halides is 2. The van der Waals surface area contributed by atoms with Crippen LogP contribution in [0.25, 0.3) is 0 Å². The molecule has 0 aromatic carbocycles. The van der Waals surface area contributed by atoms with Gasteiger partial charge in [-0.15, -0.1) is 0 Å². The van der Waals surface area contributed by atoms with Gasteiger partial charge in [0.15, 0.2) is 0 Å². The molecule has 1 N–H and O–H groups in total. The summed E-state index contributed by atoms with van der Waals surface area (Å²) in [4.78, 5) is 0. The van der Waals surface area contributed by atoms with Crippen LogP contribution in [0.1, 0.15) is 5.56 Å². The Balaban J connectivity index is 2.14. The standard InChI is InChI=1S/C5H6F2N2OS/c6-5(7)10-11-3-4-1-8-9-2-4/h1-2,5H,3H2,(H,8,9). The maximum Gasteiger partial charge on any atom is 0.355 e. The lowest BCUT2D eigenvalue weighted by atomic mass is 10.4. The smallest absolute Gasteiger partial charge is 0.285 e. The lowest BCUT2D eigenvalue weighted by Crippen LogP contribution is -1.90. The highest BCUT2D eigenvalue weighted by Gasteiger charge is 2.02. The van der Waals surface area contributed by atoms with Crippen LogP contribution < -0.4 is 0 Å². The molecule has 1 heterocycles. The van der Waals surface area contributed by atoms with Crippen LogP contribution in [-0.4, -0.2) is 16.8 Å². The maximum atomic E-state index is 11.4. The number of rotatable bonds is 4. The molecule has 0 spiro atoms. The first kappa shape index (κ1) is 8.48. The third-order valence-corrected chi connectivity index (χ3v) is 1.65. The van der Waals surface area contributed by atoms with Gasteiger partial charge in [0.1, 0.15) is 0 Å². The quantitative estimate of drug-likeness (QED) is 0.718. The van der Waals surface area contributed by atoms with Gasteiger partial charge in [0.05, 0.1) is 6.20 Å². The predicted octanol–water partition coefficient (Wildman–Crippen LogP) is 1.80. The SMILES string of the molecule is FC(F)OSCc1cn[nH]c1. The first-order valence-corrected chi connectivity index (χ1v) is 3.74. The molecule has 0 bridgehead atoms. The Morgan fingerprint density at radius 2 is 2.55 bits per heavy atom. The van der Waals surface area contributed by atoms with Crippen LogP contribution in [0.15, 0.2) is 12.4 Å².